The van der Waals surface area contributed by atoms with Gasteiger partial charge in [0.25, 0.3) is 0 Å². The molecule has 0 radical (unpaired) electrons. The zero-order chi connectivity index (χ0) is 10.6. The van der Waals surface area contributed by atoms with Crippen LogP contribution < -0.4 is 0 Å². The van der Waals surface area contributed by atoms with Gasteiger partial charge in [0.05, 0.1) is 0 Å². The number of hydrogen-bond acceptors (Lipinski definition) is 2. The molecule has 0 saturated carbocycles. The van der Waals surface area contributed by atoms with Crippen LogP contribution in [0.15, 0.2) is 18.5 Å². The van der Waals surface area contributed by atoms with Crippen molar-refractivity contribution in [3.63, 3.8) is 0 Å². The van der Waals surface area contributed by atoms with E-state index in [0.29, 0.717) is 4.83 Å². The summed E-state index contributed by atoms with van der Waals surface area (Å²) in [6, 6.07) is 2.18. The first kappa shape index (κ1) is 11.7. The number of hydrogen-bond donors (Lipinski definition) is 0. The van der Waals surface area contributed by atoms with Crippen LogP contribution in [0.25, 0.3) is 0 Å². The third kappa shape index (κ3) is 4.20. The number of rotatable bonds is 4. The van der Waals surface area contributed by atoms with Crippen LogP contribution in [0.2, 0.25) is 0 Å². The molecule has 78 valence electrons. The quantitative estimate of drug-likeness (QED) is 0.771. The maximum Gasteiger partial charge on any atom is 0.0313 e. The van der Waals surface area contributed by atoms with Gasteiger partial charge < -0.3 is 4.90 Å². The van der Waals surface area contributed by atoms with Crippen LogP contribution in [-0.4, -0.2) is 28.3 Å². The third-order valence-electron chi connectivity index (χ3n) is 1.95. The Labute approximate surface area is 94.5 Å². The summed E-state index contributed by atoms with van der Waals surface area (Å²) < 4.78 is 0. The average molecular weight is 257 g/mol. The lowest BCUT2D eigenvalue weighted by Gasteiger charge is -2.17. The second-order valence-electron chi connectivity index (χ2n) is 3.85. The van der Waals surface area contributed by atoms with Crippen molar-refractivity contribution in [2.24, 2.45) is 0 Å². The van der Waals surface area contributed by atoms with Gasteiger partial charge in [-0.05, 0) is 25.1 Å². The zero-order valence-corrected chi connectivity index (χ0v) is 10.6. The van der Waals surface area contributed by atoms with E-state index in [9.17, 15) is 0 Å². The Morgan fingerprint density at radius 1 is 1.50 bits per heavy atom. The molecule has 0 aliphatic rings. The Morgan fingerprint density at radius 3 is 2.79 bits per heavy atom. The van der Waals surface area contributed by atoms with Crippen LogP contribution in [0.5, 0.6) is 0 Å². The highest BCUT2D eigenvalue weighted by molar-refractivity contribution is 9.09. The molecule has 0 fully saturated rings. The molecule has 1 heterocycles. The highest BCUT2D eigenvalue weighted by atomic mass is 79.9. The van der Waals surface area contributed by atoms with Crippen molar-refractivity contribution in [3.8, 4) is 0 Å². The molecule has 0 aliphatic carbocycles. The van der Waals surface area contributed by atoms with Crippen molar-refractivity contribution < 1.29 is 0 Å². The standard InChI is InChI=1S/C11H17BrN2/c1-9-4-11(6-13-5-9)8-14(3)7-10(2)12/h4-6,10H,7-8H2,1-3H3. The van der Waals surface area contributed by atoms with Crippen molar-refractivity contribution in [1.29, 1.82) is 0 Å². The third-order valence-corrected chi connectivity index (χ3v) is 2.24. The van der Waals surface area contributed by atoms with Crippen LogP contribution >= 0.6 is 15.9 Å². The molecule has 1 rings (SSSR count). The van der Waals surface area contributed by atoms with Gasteiger partial charge in [0.15, 0.2) is 0 Å². The van der Waals surface area contributed by atoms with Crippen LogP contribution in [0, 0.1) is 6.92 Å². The Morgan fingerprint density at radius 2 is 2.21 bits per heavy atom. The first-order valence-corrected chi connectivity index (χ1v) is 5.72. The monoisotopic (exact) mass is 256 g/mol. The molecule has 0 spiro atoms. The van der Waals surface area contributed by atoms with Crippen LogP contribution in [0.4, 0.5) is 0 Å². The van der Waals surface area contributed by atoms with E-state index in [2.05, 4.69) is 52.8 Å². The van der Waals surface area contributed by atoms with E-state index in [4.69, 9.17) is 0 Å². The van der Waals surface area contributed by atoms with Gasteiger partial charge in [0, 0.05) is 30.3 Å². The predicted octanol–water partition coefficient (Wildman–Crippen LogP) is 2.61. The summed E-state index contributed by atoms with van der Waals surface area (Å²) in [7, 11) is 2.13. The molecule has 0 aliphatic heterocycles. The molecule has 3 heteroatoms. The Kier molecular flexibility index (Phi) is 4.55. The van der Waals surface area contributed by atoms with Crippen LogP contribution in [-0.2, 0) is 6.54 Å². The van der Waals surface area contributed by atoms with Gasteiger partial charge in [-0.25, -0.2) is 0 Å². The summed E-state index contributed by atoms with van der Waals surface area (Å²) in [5.41, 5.74) is 2.50. The highest BCUT2D eigenvalue weighted by Crippen LogP contribution is 2.06. The summed E-state index contributed by atoms with van der Waals surface area (Å²) in [5, 5.41) is 0. The number of aromatic nitrogens is 1. The van der Waals surface area contributed by atoms with Gasteiger partial charge in [0.2, 0.25) is 0 Å². The van der Waals surface area contributed by atoms with Crippen LogP contribution in [0.1, 0.15) is 18.1 Å². The zero-order valence-electron chi connectivity index (χ0n) is 9.00. The number of pyridine rings is 1. The van der Waals surface area contributed by atoms with E-state index in [0.717, 1.165) is 13.1 Å². The predicted molar refractivity (Wildman–Crippen MR) is 63.7 cm³/mol. The number of halogens is 1. The van der Waals surface area contributed by atoms with E-state index >= 15 is 0 Å². The van der Waals surface area contributed by atoms with Gasteiger partial charge in [0.1, 0.15) is 0 Å². The van der Waals surface area contributed by atoms with Gasteiger partial charge in [-0.1, -0.05) is 28.9 Å². The SMILES string of the molecule is Cc1cncc(CN(C)CC(C)Br)c1. The second-order valence-corrected chi connectivity index (χ2v) is 5.41. The van der Waals surface area contributed by atoms with Gasteiger partial charge in [-0.2, -0.15) is 0 Å². The first-order valence-electron chi connectivity index (χ1n) is 4.81. The van der Waals surface area contributed by atoms with E-state index in [1.54, 1.807) is 0 Å². The normalized spacial score (nSPS) is 13.2. The van der Waals surface area contributed by atoms with Gasteiger partial charge in [-0.3, -0.25) is 4.98 Å². The molecule has 0 bridgehead atoms. The van der Waals surface area contributed by atoms with Gasteiger partial charge >= 0.3 is 0 Å². The lowest BCUT2D eigenvalue weighted by atomic mass is 10.2. The lowest BCUT2D eigenvalue weighted by molar-refractivity contribution is 0.332. The maximum absolute atomic E-state index is 4.18. The smallest absolute Gasteiger partial charge is 0.0313 e. The summed E-state index contributed by atoms with van der Waals surface area (Å²) in [6.07, 6.45) is 3.82. The van der Waals surface area contributed by atoms with Crippen molar-refractivity contribution >= 4 is 15.9 Å². The molecule has 0 N–H and O–H groups in total. The Hall–Kier alpha value is -0.410. The largest absolute Gasteiger partial charge is 0.301 e. The van der Waals surface area contributed by atoms with Crippen molar-refractivity contribution in [2.45, 2.75) is 25.2 Å². The van der Waals surface area contributed by atoms with Crippen molar-refractivity contribution in [1.82, 2.24) is 9.88 Å². The second kappa shape index (κ2) is 5.47. The summed E-state index contributed by atoms with van der Waals surface area (Å²) in [5.74, 6) is 0. The summed E-state index contributed by atoms with van der Waals surface area (Å²) in [4.78, 5) is 7.00. The average Bonchev–Trinajstić information content (AvgIpc) is 2.01. The fraction of sp³-hybridized carbons (Fsp3) is 0.545. The minimum atomic E-state index is 0.533. The van der Waals surface area contributed by atoms with E-state index in [1.807, 2.05) is 12.4 Å². The Bertz CT molecular complexity index is 286. The molecule has 14 heavy (non-hydrogen) atoms. The van der Waals surface area contributed by atoms with Crippen molar-refractivity contribution in [3.05, 3.63) is 29.6 Å². The molecule has 2 nitrogen and oxygen atoms in total. The molecule has 1 atom stereocenters. The molecule has 1 aromatic rings. The lowest BCUT2D eigenvalue weighted by Crippen LogP contribution is -2.24. The summed E-state index contributed by atoms with van der Waals surface area (Å²) in [6.45, 7) is 6.24. The molecule has 0 saturated heterocycles. The molecule has 0 amide bonds. The highest BCUT2D eigenvalue weighted by Gasteiger charge is 2.03. The van der Waals surface area contributed by atoms with E-state index in [1.165, 1.54) is 11.1 Å². The number of aryl methyl sites for hydroxylation is 1. The minimum Gasteiger partial charge on any atom is -0.301 e. The van der Waals surface area contributed by atoms with E-state index < -0.39 is 0 Å². The van der Waals surface area contributed by atoms with E-state index in [-0.39, 0.29) is 0 Å². The number of alkyl halides is 1. The van der Waals surface area contributed by atoms with Crippen LogP contribution in [0.3, 0.4) is 0 Å². The molecular weight excluding hydrogens is 240 g/mol. The topological polar surface area (TPSA) is 16.1 Å². The molecule has 1 unspecified atom stereocenters. The fourth-order valence-corrected chi connectivity index (χ4v) is 2.00. The molecule has 1 aromatic heterocycles. The van der Waals surface area contributed by atoms with Crippen molar-refractivity contribution in [2.75, 3.05) is 13.6 Å². The Balaban J connectivity index is 2.51. The maximum atomic E-state index is 4.18. The minimum absolute atomic E-state index is 0.533. The summed E-state index contributed by atoms with van der Waals surface area (Å²) >= 11 is 3.55. The number of nitrogens with zero attached hydrogens (tertiary/aromatic N) is 2. The first-order chi connectivity index (χ1) is 6.58. The van der Waals surface area contributed by atoms with Gasteiger partial charge in [-0.15, -0.1) is 0 Å². The fourth-order valence-electron chi connectivity index (χ4n) is 1.51. The molecular formula is C11H17BrN2. The molecule has 0 aromatic carbocycles.